The van der Waals surface area contributed by atoms with E-state index < -0.39 is 11.0 Å². The van der Waals surface area contributed by atoms with E-state index in [1.54, 1.807) is 18.2 Å². The topological polar surface area (TPSA) is 68.1 Å². The predicted octanol–water partition coefficient (Wildman–Crippen LogP) is 5.31. The van der Waals surface area contributed by atoms with E-state index in [1.165, 1.54) is 0 Å². The molecule has 4 rings (SSSR count). The SMILES string of the molecule is O=[SH](=O)Oc1ccc(N=Nc2cccc3ccccc23)c2ccccc12. The smallest absolute Gasteiger partial charge is 0.299 e. The van der Waals surface area contributed by atoms with E-state index in [9.17, 15) is 8.42 Å². The van der Waals surface area contributed by atoms with Crippen LogP contribution in [0, 0.1) is 0 Å². The molecule has 0 aliphatic heterocycles. The van der Waals surface area contributed by atoms with Crippen LogP contribution in [-0.4, -0.2) is 8.42 Å². The molecule has 0 unspecified atom stereocenters. The van der Waals surface area contributed by atoms with E-state index in [4.69, 9.17) is 4.18 Å². The standard InChI is InChI=1S/C20H14N2O3S/c23-26(24)25-20-13-12-19(16-9-3-4-10-17(16)20)22-21-18-11-5-7-14-6-1-2-8-15(14)18/h1-13,26H. The summed E-state index contributed by atoms with van der Waals surface area (Å²) in [6.07, 6.45) is 0. The Morgan fingerprint density at radius 2 is 1.23 bits per heavy atom. The van der Waals surface area contributed by atoms with Crippen molar-refractivity contribution in [2.45, 2.75) is 0 Å². The maximum Gasteiger partial charge on any atom is 0.299 e. The van der Waals surface area contributed by atoms with Gasteiger partial charge in [-0.3, -0.25) is 0 Å². The summed E-state index contributed by atoms with van der Waals surface area (Å²) >= 11 is 0. The summed E-state index contributed by atoms with van der Waals surface area (Å²) in [7, 11) is -2.98. The molecule has 5 nitrogen and oxygen atoms in total. The summed E-state index contributed by atoms with van der Waals surface area (Å²) in [6.45, 7) is 0. The van der Waals surface area contributed by atoms with Crippen LogP contribution >= 0.6 is 0 Å². The number of hydrogen-bond donors (Lipinski definition) is 1. The molecule has 0 bridgehead atoms. The van der Waals surface area contributed by atoms with Crippen molar-refractivity contribution in [3.8, 4) is 5.75 Å². The van der Waals surface area contributed by atoms with Crippen LogP contribution in [0.4, 0.5) is 11.4 Å². The van der Waals surface area contributed by atoms with Crippen molar-refractivity contribution in [1.82, 2.24) is 0 Å². The molecule has 0 aliphatic rings. The van der Waals surface area contributed by atoms with Gasteiger partial charge in [-0.1, -0.05) is 60.7 Å². The molecule has 4 aromatic carbocycles. The summed E-state index contributed by atoms with van der Waals surface area (Å²) < 4.78 is 26.7. The van der Waals surface area contributed by atoms with Crippen molar-refractivity contribution in [3.63, 3.8) is 0 Å². The first-order chi connectivity index (χ1) is 12.7. The normalized spacial score (nSPS) is 11.6. The van der Waals surface area contributed by atoms with Gasteiger partial charge in [0.05, 0.1) is 11.4 Å². The van der Waals surface area contributed by atoms with Gasteiger partial charge in [-0.25, -0.2) is 0 Å². The molecule has 0 N–H and O–H groups in total. The average molecular weight is 362 g/mol. The Balaban J connectivity index is 1.81. The molecule has 0 aromatic heterocycles. The van der Waals surface area contributed by atoms with Gasteiger partial charge in [0.25, 0.3) is 11.0 Å². The second-order valence-corrected chi connectivity index (χ2v) is 6.27. The first kappa shape index (κ1) is 16.2. The number of nitrogens with zero attached hydrogens (tertiary/aromatic N) is 2. The lowest BCUT2D eigenvalue weighted by Gasteiger charge is -2.06. The van der Waals surface area contributed by atoms with Crippen molar-refractivity contribution in [1.29, 1.82) is 0 Å². The van der Waals surface area contributed by atoms with E-state index in [-0.39, 0.29) is 5.75 Å². The predicted molar refractivity (Wildman–Crippen MR) is 103 cm³/mol. The highest BCUT2D eigenvalue weighted by Gasteiger charge is 2.07. The molecule has 0 spiro atoms. The summed E-state index contributed by atoms with van der Waals surface area (Å²) in [5.41, 5.74) is 1.41. The van der Waals surface area contributed by atoms with E-state index in [0.717, 1.165) is 21.8 Å². The highest BCUT2D eigenvalue weighted by Crippen LogP contribution is 2.35. The first-order valence-electron chi connectivity index (χ1n) is 7.96. The summed E-state index contributed by atoms with van der Waals surface area (Å²) in [6, 6.07) is 24.5. The molecular formula is C20H14N2O3S. The molecule has 0 fully saturated rings. The maximum atomic E-state index is 10.9. The van der Waals surface area contributed by atoms with Crippen LogP contribution in [-0.2, 0) is 11.0 Å². The molecule has 26 heavy (non-hydrogen) atoms. The molecule has 0 saturated heterocycles. The van der Waals surface area contributed by atoms with Gasteiger partial charge in [-0.05, 0) is 23.6 Å². The number of rotatable bonds is 4. The average Bonchev–Trinajstić information content (AvgIpc) is 2.67. The lowest BCUT2D eigenvalue weighted by atomic mass is 10.1. The van der Waals surface area contributed by atoms with Gasteiger partial charge in [0.15, 0.2) is 0 Å². The van der Waals surface area contributed by atoms with E-state index >= 15 is 0 Å². The van der Waals surface area contributed by atoms with Crippen LogP contribution < -0.4 is 4.18 Å². The van der Waals surface area contributed by atoms with Crippen LogP contribution in [0.5, 0.6) is 5.75 Å². The van der Waals surface area contributed by atoms with Gasteiger partial charge >= 0.3 is 0 Å². The number of azo groups is 1. The van der Waals surface area contributed by atoms with Crippen molar-refractivity contribution in [3.05, 3.63) is 78.9 Å². The summed E-state index contributed by atoms with van der Waals surface area (Å²) in [4.78, 5) is 0. The molecule has 0 amide bonds. The quantitative estimate of drug-likeness (QED) is 0.395. The fraction of sp³-hybridized carbons (Fsp3) is 0. The molecule has 0 saturated carbocycles. The summed E-state index contributed by atoms with van der Waals surface area (Å²) in [5.74, 6) is 0.279. The second kappa shape index (κ2) is 6.93. The van der Waals surface area contributed by atoms with Gasteiger partial charge < -0.3 is 4.18 Å². The van der Waals surface area contributed by atoms with Crippen LogP contribution in [0.25, 0.3) is 21.5 Å². The minimum Gasteiger partial charge on any atom is -0.384 e. The Morgan fingerprint density at radius 1 is 0.615 bits per heavy atom. The maximum absolute atomic E-state index is 10.9. The Morgan fingerprint density at radius 3 is 2.00 bits per heavy atom. The van der Waals surface area contributed by atoms with Crippen LogP contribution in [0.1, 0.15) is 0 Å². The molecule has 6 heteroatoms. The molecule has 128 valence electrons. The zero-order valence-electron chi connectivity index (χ0n) is 13.6. The van der Waals surface area contributed by atoms with E-state index in [0.29, 0.717) is 11.1 Å². The van der Waals surface area contributed by atoms with E-state index in [2.05, 4.69) is 10.2 Å². The highest BCUT2D eigenvalue weighted by molar-refractivity contribution is 7.67. The Kier molecular flexibility index (Phi) is 4.33. The number of fused-ring (bicyclic) bond motifs is 2. The molecule has 0 aliphatic carbocycles. The lowest BCUT2D eigenvalue weighted by Crippen LogP contribution is -1.90. The number of benzene rings is 4. The number of thiol groups is 1. The molecule has 0 heterocycles. The van der Waals surface area contributed by atoms with Crippen LogP contribution in [0.2, 0.25) is 0 Å². The monoisotopic (exact) mass is 362 g/mol. The molecule has 0 atom stereocenters. The minimum absolute atomic E-state index is 0.279. The van der Waals surface area contributed by atoms with Gasteiger partial charge in [0, 0.05) is 16.2 Å². The van der Waals surface area contributed by atoms with Gasteiger partial charge in [-0.2, -0.15) is 8.42 Å². The third kappa shape index (κ3) is 3.14. The lowest BCUT2D eigenvalue weighted by molar-refractivity contribution is 0.513. The van der Waals surface area contributed by atoms with Crippen molar-refractivity contribution >= 4 is 43.9 Å². The van der Waals surface area contributed by atoms with Crippen molar-refractivity contribution in [2.24, 2.45) is 10.2 Å². The largest absolute Gasteiger partial charge is 0.384 e. The first-order valence-corrected chi connectivity index (χ1v) is 9.05. The van der Waals surface area contributed by atoms with E-state index in [1.807, 2.05) is 60.7 Å². The minimum atomic E-state index is -2.98. The Bertz CT molecular complexity index is 1200. The summed E-state index contributed by atoms with van der Waals surface area (Å²) in [5, 5.41) is 12.4. The molecular weight excluding hydrogens is 348 g/mol. The van der Waals surface area contributed by atoms with Gasteiger partial charge in [0.1, 0.15) is 5.75 Å². The van der Waals surface area contributed by atoms with Crippen LogP contribution in [0.3, 0.4) is 0 Å². The van der Waals surface area contributed by atoms with Gasteiger partial charge in [-0.15, -0.1) is 10.2 Å². The number of hydrogen-bond acceptors (Lipinski definition) is 5. The third-order valence-electron chi connectivity index (χ3n) is 4.07. The van der Waals surface area contributed by atoms with Crippen LogP contribution in [0.15, 0.2) is 89.1 Å². The highest BCUT2D eigenvalue weighted by atomic mass is 32.2. The van der Waals surface area contributed by atoms with Gasteiger partial charge in [0.2, 0.25) is 0 Å². The zero-order valence-corrected chi connectivity index (χ0v) is 14.5. The van der Waals surface area contributed by atoms with Crippen molar-refractivity contribution in [2.75, 3.05) is 0 Å². The van der Waals surface area contributed by atoms with Crippen molar-refractivity contribution < 1.29 is 12.6 Å². The fourth-order valence-electron chi connectivity index (χ4n) is 2.91. The third-order valence-corrected chi connectivity index (χ3v) is 4.41. The Labute approximate surface area is 151 Å². The molecule has 0 radical (unpaired) electrons. The zero-order chi connectivity index (χ0) is 17.9. The second-order valence-electron chi connectivity index (χ2n) is 5.64. The Hall–Kier alpha value is -3.25. The molecule has 4 aromatic rings. The fourth-order valence-corrected chi connectivity index (χ4v) is 3.23.